The van der Waals surface area contributed by atoms with E-state index in [2.05, 4.69) is 0 Å². The lowest BCUT2D eigenvalue weighted by molar-refractivity contribution is -0.135. The topological polar surface area (TPSA) is 87.7 Å². The number of hydrogen-bond donors (Lipinski definition) is 2. The smallest absolute Gasteiger partial charge is 0.371 e. The van der Waals surface area contributed by atoms with Crippen LogP contribution in [0, 0.1) is 0 Å². The Balaban J connectivity index is 2.37. The summed E-state index contributed by atoms with van der Waals surface area (Å²) in [5.41, 5.74) is 0.527. The van der Waals surface area contributed by atoms with E-state index in [-0.39, 0.29) is 5.76 Å². The van der Waals surface area contributed by atoms with Gasteiger partial charge in [0, 0.05) is 11.5 Å². The van der Waals surface area contributed by atoms with E-state index in [9.17, 15) is 9.59 Å². The highest BCUT2D eigenvalue weighted by Gasteiger charge is 2.13. The molecule has 17 heavy (non-hydrogen) atoms. The first kappa shape index (κ1) is 10.9. The fourth-order valence-corrected chi connectivity index (χ4v) is 1.36. The van der Waals surface area contributed by atoms with Crippen molar-refractivity contribution in [3.05, 3.63) is 47.9 Å². The molecule has 0 aliphatic carbocycles. The SMILES string of the molecule is O=C(O)/C(O)=C/C(=O)c1cc2ccccc2o1. The molecule has 2 aromatic rings. The number of aliphatic hydroxyl groups is 1. The van der Waals surface area contributed by atoms with Crippen LogP contribution in [0.15, 0.2) is 46.6 Å². The Hall–Kier alpha value is -2.56. The molecule has 1 heterocycles. The first-order valence-electron chi connectivity index (χ1n) is 4.75. The van der Waals surface area contributed by atoms with Gasteiger partial charge in [0.2, 0.25) is 11.5 Å². The summed E-state index contributed by atoms with van der Waals surface area (Å²) in [6.45, 7) is 0. The van der Waals surface area contributed by atoms with Gasteiger partial charge in [-0.25, -0.2) is 4.79 Å². The maximum absolute atomic E-state index is 11.5. The summed E-state index contributed by atoms with van der Waals surface area (Å²) in [6, 6.07) is 8.48. The molecular formula is C12H8O5. The Morgan fingerprint density at radius 3 is 2.53 bits per heavy atom. The number of carboxylic acid groups (broad SMARTS) is 1. The van der Waals surface area contributed by atoms with Crippen LogP contribution in [0.2, 0.25) is 0 Å². The van der Waals surface area contributed by atoms with Crippen LogP contribution in [0.25, 0.3) is 11.0 Å². The van der Waals surface area contributed by atoms with E-state index in [1.165, 1.54) is 6.07 Å². The van der Waals surface area contributed by atoms with Crippen molar-refractivity contribution in [2.45, 2.75) is 0 Å². The number of rotatable bonds is 3. The summed E-state index contributed by atoms with van der Waals surface area (Å²) in [4.78, 5) is 21.9. The zero-order valence-electron chi connectivity index (χ0n) is 8.58. The Kier molecular flexibility index (Phi) is 2.66. The summed E-state index contributed by atoms with van der Waals surface area (Å²) in [5.74, 6) is -3.29. The van der Waals surface area contributed by atoms with E-state index in [1.54, 1.807) is 24.3 Å². The standard InChI is InChI=1S/C12H8O5/c13-8(6-9(14)12(15)16)11-5-7-3-1-2-4-10(7)17-11/h1-6,14H,(H,15,16)/b9-6-. The number of allylic oxidation sites excluding steroid dienone is 1. The van der Waals surface area contributed by atoms with Crippen LogP contribution in [0.1, 0.15) is 10.6 Å². The van der Waals surface area contributed by atoms with Gasteiger partial charge >= 0.3 is 5.97 Å². The Labute approximate surface area is 95.6 Å². The van der Waals surface area contributed by atoms with Crippen LogP contribution < -0.4 is 0 Å². The average molecular weight is 232 g/mol. The summed E-state index contributed by atoms with van der Waals surface area (Å²) in [5, 5.41) is 18.1. The molecule has 0 aliphatic heterocycles. The minimum atomic E-state index is -1.56. The maximum Gasteiger partial charge on any atom is 0.371 e. The second kappa shape index (κ2) is 4.13. The third kappa shape index (κ3) is 2.17. The highest BCUT2D eigenvalue weighted by Crippen LogP contribution is 2.19. The largest absolute Gasteiger partial charge is 0.502 e. The molecule has 0 bridgehead atoms. The van der Waals surface area contributed by atoms with Gasteiger partial charge in [-0.3, -0.25) is 4.79 Å². The number of ketones is 1. The van der Waals surface area contributed by atoms with Gasteiger partial charge in [0.15, 0.2) is 5.76 Å². The zero-order chi connectivity index (χ0) is 12.4. The molecule has 0 fully saturated rings. The molecule has 1 aromatic carbocycles. The predicted octanol–water partition coefficient (Wildman–Crippen LogP) is 2.14. The molecule has 0 amide bonds. The summed E-state index contributed by atoms with van der Waals surface area (Å²) in [7, 11) is 0. The van der Waals surface area contributed by atoms with Crippen LogP contribution in [0.3, 0.4) is 0 Å². The molecular weight excluding hydrogens is 224 g/mol. The van der Waals surface area contributed by atoms with E-state index < -0.39 is 17.5 Å². The molecule has 0 aliphatic rings. The van der Waals surface area contributed by atoms with Gasteiger partial charge in [-0.15, -0.1) is 0 Å². The van der Waals surface area contributed by atoms with Crippen molar-refractivity contribution >= 4 is 22.7 Å². The fraction of sp³-hybridized carbons (Fsp3) is 0. The molecule has 0 saturated heterocycles. The van der Waals surface area contributed by atoms with E-state index in [0.29, 0.717) is 11.7 Å². The monoisotopic (exact) mass is 232 g/mol. The maximum atomic E-state index is 11.5. The lowest BCUT2D eigenvalue weighted by Crippen LogP contribution is -2.03. The molecule has 0 saturated carbocycles. The number of aliphatic carboxylic acids is 1. The van der Waals surface area contributed by atoms with E-state index in [0.717, 1.165) is 5.39 Å². The predicted molar refractivity (Wildman–Crippen MR) is 58.9 cm³/mol. The first-order valence-corrected chi connectivity index (χ1v) is 4.75. The van der Waals surface area contributed by atoms with Gasteiger partial charge in [-0.2, -0.15) is 0 Å². The molecule has 0 radical (unpaired) electrons. The van der Waals surface area contributed by atoms with Gasteiger partial charge in [-0.05, 0) is 12.1 Å². The highest BCUT2D eigenvalue weighted by atomic mass is 16.4. The number of hydrogen-bond acceptors (Lipinski definition) is 4. The Morgan fingerprint density at radius 1 is 1.18 bits per heavy atom. The first-order chi connectivity index (χ1) is 8.08. The van der Waals surface area contributed by atoms with Gasteiger partial charge in [0.25, 0.3) is 0 Å². The number of carbonyl (C=O) groups is 2. The molecule has 2 N–H and O–H groups in total. The third-order valence-corrected chi connectivity index (χ3v) is 2.16. The number of fused-ring (bicyclic) bond motifs is 1. The van der Waals surface area contributed by atoms with Crippen molar-refractivity contribution in [1.82, 2.24) is 0 Å². The molecule has 2 rings (SSSR count). The third-order valence-electron chi connectivity index (χ3n) is 2.16. The van der Waals surface area contributed by atoms with Crippen molar-refractivity contribution < 1.29 is 24.2 Å². The number of para-hydroxylation sites is 1. The number of benzene rings is 1. The average Bonchev–Trinajstić information content (AvgIpc) is 2.72. The van der Waals surface area contributed by atoms with Crippen molar-refractivity contribution in [3.63, 3.8) is 0 Å². The minimum absolute atomic E-state index is 0.0148. The number of carbonyl (C=O) groups excluding carboxylic acids is 1. The Bertz CT molecular complexity index is 588. The van der Waals surface area contributed by atoms with Gasteiger partial charge in [-0.1, -0.05) is 18.2 Å². The van der Waals surface area contributed by atoms with Gasteiger partial charge in [0.05, 0.1) is 0 Å². The summed E-state index contributed by atoms with van der Waals surface area (Å²) in [6.07, 6.45) is 0.611. The van der Waals surface area contributed by atoms with E-state index in [1.807, 2.05) is 0 Å². The summed E-state index contributed by atoms with van der Waals surface area (Å²) < 4.78 is 5.21. The second-order valence-electron chi connectivity index (χ2n) is 3.35. The van der Waals surface area contributed by atoms with Crippen molar-refractivity contribution in [2.75, 3.05) is 0 Å². The zero-order valence-corrected chi connectivity index (χ0v) is 8.58. The molecule has 86 valence electrons. The highest BCUT2D eigenvalue weighted by molar-refractivity contribution is 6.07. The lowest BCUT2D eigenvalue weighted by atomic mass is 10.2. The van der Waals surface area contributed by atoms with Crippen molar-refractivity contribution in [1.29, 1.82) is 0 Å². The second-order valence-corrected chi connectivity index (χ2v) is 3.35. The molecule has 5 nitrogen and oxygen atoms in total. The minimum Gasteiger partial charge on any atom is -0.502 e. The van der Waals surface area contributed by atoms with Crippen LogP contribution in [0.5, 0.6) is 0 Å². The van der Waals surface area contributed by atoms with Crippen molar-refractivity contribution in [2.24, 2.45) is 0 Å². The molecule has 0 atom stereocenters. The van der Waals surface area contributed by atoms with Crippen LogP contribution in [0.4, 0.5) is 0 Å². The van der Waals surface area contributed by atoms with Crippen LogP contribution >= 0.6 is 0 Å². The normalized spacial score (nSPS) is 11.6. The molecule has 5 heteroatoms. The molecule has 0 spiro atoms. The fourth-order valence-electron chi connectivity index (χ4n) is 1.36. The number of furan rings is 1. The van der Waals surface area contributed by atoms with Gasteiger partial charge < -0.3 is 14.6 Å². The molecule has 0 unspecified atom stereocenters. The van der Waals surface area contributed by atoms with Crippen molar-refractivity contribution in [3.8, 4) is 0 Å². The quantitative estimate of drug-likeness (QED) is 0.481. The Morgan fingerprint density at radius 2 is 1.88 bits per heavy atom. The molecule has 1 aromatic heterocycles. The summed E-state index contributed by atoms with van der Waals surface area (Å²) >= 11 is 0. The van der Waals surface area contributed by atoms with Crippen LogP contribution in [-0.4, -0.2) is 22.0 Å². The number of carboxylic acids is 1. The number of aliphatic hydroxyl groups excluding tert-OH is 1. The lowest BCUT2D eigenvalue weighted by Gasteiger charge is -1.90. The van der Waals surface area contributed by atoms with Gasteiger partial charge in [0.1, 0.15) is 5.58 Å². The van der Waals surface area contributed by atoms with E-state index in [4.69, 9.17) is 14.6 Å². The van der Waals surface area contributed by atoms with Crippen LogP contribution in [-0.2, 0) is 4.79 Å². The van der Waals surface area contributed by atoms with E-state index >= 15 is 0 Å².